The minimum absolute atomic E-state index is 0.0731. The molecule has 21 heavy (non-hydrogen) atoms. The van der Waals surface area contributed by atoms with Gasteiger partial charge >= 0.3 is 18.1 Å². The fourth-order valence-corrected chi connectivity index (χ4v) is 1.70. The van der Waals surface area contributed by atoms with Crippen molar-refractivity contribution in [2.24, 2.45) is 0 Å². The number of pyridine rings is 1. The molecule has 0 N–H and O–H groups in total. The Kier molecular flexibility index (Phi) is 5.69. The van der Waals surface area contributed by atoms with Crippen molar-refractivity contribution in [3.05, 3.63) is 29.6 Å². The molecular formula is C13H14F3NO4. The first kappa shape index (κ1) is 16.9. The van der Waals surface area contributed by atoms with Gasteiger partial charge in [-0.15, -0.1) is 0 Å². The van der Waals surface area contributed by atoms with Crippen molar-refractivity contribution in [2.45, 2.75) is 25.9 Å². The molecule has 0 spiro atoms. The fourth-order valence-electron chi connectivity index (χ4n) is 1.70. The van der Waals surface area contributed by atoms with Gasteiger partial charge in [0, 0.05) is 18.0 Å². The molecule has 0 atom stereocenters. The molecule has 116 valence electrons. The molecule has 0 saturated carbocycles. The zero-order valence-electron chi connectivity index (χ0n) is 11.4. The van der Waals surface area contributed by atoms with Crippen LogP contribution >= 0.6 is 0 Å². The van der Waals surface area contributed by atoms with E-state index in [2.05, 4.69) is 14.5 Å². The van der Waals surface area contributed by atoms with Crippen LogP contribution in [0.15, 0.2) is 18.5 Å². The summed E-state index contributed by atoms with van der Waals surface area (Å²) in [6.45, 7) is 2.81. The number of carbonyl (C=O) groups excluding carboxylic acids is 2. The predicted octanol–water partition coefficient (Wildman–Crippen LogP) is 2.31. The standard InChI is InChI=1S/C13H14F3NO4/c1-3-20-11(18)10(12(19)21-4-2)8-7-17-6-5-9(8)13(14,15)16/h5-7,10H,3-4H2,1-2H3. The molecule has 0 aromatic carbocycles. The second-order valence-electron chi connectivity index (χ2n) is 3.90. The van der Waals surface area contributed by atoms with Gasteiger partial charge in [-0.25, -0.2) is 0 Å². The Labute approximate surface area is 119 Å². The Hall–Kier alpha value is -2.12. The van der Waals surface area contributed by atoms with Crippen LogP contribution in [0.25, 0.3) is 0 Å². The number of aromatic nitrogens is 1. The molecule has 0 unspecified atom stereocenters. The van der Waals surface area contributed by atoms with E-state index in [1.807, 2.05) is 0 Å². The van der Waals surface area contributed by atoms with E-state index in [0.29, 0.717) is 6.07 Å². The number of halogens is 3. The van der Waals surface area contributed by atoms with Crippen molar-refractivity contribution in [3.8, 4) is 0 Å². The highest BCUT2D eigenvalue weighted by Crippen LogP contribution is 2.35. The fraction of sp³-hybridized carbons (Fsp3) is 0.462. The number of nitrogens with zero attached hydrogens (tertiary/aromatic N) is 1. The van der Waals surface area contributed by atoms with Crippen molar-refractivity contribution in [1.29, 1.82) is 0 Å². The van der Waals surface area contributed by atoms with Crippen LogP contribution in [-0.2, 0) is 25.2 Å². The summed E-state index contributed by atoms with van der Waals surface area (Å²) in [6, 6.07) is 0.695. The van der Waals surface area contributed by atoms with Crippen LogP contribution in [0.2, 0.25) is 0 Å². The highest BCUT2D eigenvalue weighted by Gasteiger charge is 2.41. The van der Waals surface area contributed by atoms with Crippen molar-refractivity contribution in [3.63, 3.8) is 0 Å². The molecule has 0 amide bonds. The lowest BCUT2D eigenvalue weighted by Crippen LogP contribution is -2.28. The second-order valence-corrected chi connectivity index (χ2v) is 3.90. The van der Waals surface area contributed by atoms with Crippen molar-refractivity contribution in [1.82, 2.24) is 4.98 Å². The summed E-state index contributed by atoms with van der Waals surface area (Å²) >= 11 is 0. The number of rotatable bonds is 5. The number of alkyl halides is 3. The normalized spacial score (nSPS) is 11.3. The number of hydrogen-bond donors (Lipinski definition) is 0. The monoisotopic (exact) mass is 305 g/mol. The number of esters is 2. The molecule has 1 heterocycles. The summed E-state index contributed by atoms with van der Waals surface area (Å²) in [4.78, 5) is 27.2. The lowest BCUT2D eigenvalue weighted by Gasteiger charge is -2.18. The second kappa shape index (κ2) is 7.05. The summed E-state index contributed by atoms with van der Waals surface area (Å²) in [5.74, 6) is -4.01. The Bertz CT molecular complexity index is 498. The van der Waals surface area contributed by atoms with Crippen LogP contribution < -0.4 is 0 Å². The molecule has 0 fully saturated rings. The van der Waals surface area contributed by atoms with Gasteiger partial charge < -0.3 is 9.47 Å². The molecule has 0 aliphatic carbocycles. The van der Waals surface area contributed by atoms with E-state index in [-0.39, 0.29) is 13.2 Å². The van der Waals surface area contributed by atoms with Crippen LogP contribution in [0.1, 0.15) is 30.9 Å². The van der Waals surface area contributed by atoms with Gasteiger partial charge in [-0.1, -0.05) is 0 Å². The van der Waals surface area contributed by atoms with Gasteiger partial charge in [-0.2, -0.15) is 13.2 Å². The highest BCUT2D eigenvalue weighted by molar-refractivity contribution is 6.01. The Balaban J connectivity index is 3.33. The van der Waals surface area contributed by atoms with Gasteiger partial charge in [-0.05, 0) is 19.9 Å². The number of ether oxygens (including phenoxy) is 2. The zero-order valence-corrected chi connectivity index (χ0v) is 11.4. The van der Waals surface area contributed by atoms with Gasteiger partial charge in [0.2, 0.25) is 0 Å². The molecule has 8 heteroatoms. The van der Waals surface area contributed by atoms with Gasteiger partial charge in [0.05, 0.1) is 18.8 Å². The third-order valence-electron chi connectivity index (χ3n) is 2.51. The summed E-state index contributed by atoms with van der Waals surface area (Å²) in [6.07, 6.45) is -2.98. The third-order valence-corrected chi connectivity index (χ3v) is 2.51. The Morgan fingerprint density at radius 1 is 1.19 bits per heavy atom. The van der Waals surface area contributed by atoms with Crippen LogP contribution in [-0.4, -0.2) is 30.1 Å². The molecule has 1 aromatic rings. The topological polar surface area (TPSA) is 65.5 Å². The lowest BCUT2D eigenvalue weighted by molar-refractivity contribution is -0.157. The zero-order chi connectivity index (χ0) is 16.0. The minimum Gasteiger partial charge on any atom is -0.465 e. The average Bonchev–Trinajstić information content (AvgIpc) is 2.39. The maximum Gasteiger partial charge on any atom is 0.416 e. The van der Waals surface area contributed by atoms with Gasteiger partial charge in [0.25, 0.3) is 0 Å². The van der Waals surface area contributed by atoms with Crippen molar-refractivity contribution in [2.75, 3.05) is 13.2 Å². The first-order valence-corrected chi connectivity index (χ1v) is 6.17. The first-order valence-electron chi connectivity index (χ1n) is 6.17. The largest absolute Gasteiger partial charge is 0.465 e. The summed E-state index contributed by atoms with van der Waals surface area (Å²) in [7, 11) is 0. The van der Waals surface area contributed by atoms with Crippen molar-refractivity contribution < 1.29 is 32.2 Å². The maximum atomic E-state index is 13.0. The molecule has 1 aromatic heterocycles. The van der Waals surface area contributed by atoms with E-state index in [9.17, 15) is 22.8 Å². The van der Waals surface area contributed by atoms with Gasteiger partial charge in [-0.3, -0.25) is 14.6 Å². The Morgan fingerprint density at radius 3 is 2.14 bits per heavy atom. The van der Waals surface area contributed by atoms with Crippen LogP contribution in [0.4, 0.5) is 13.2 Å². The van der Waals surface area contributed by atoms with E-state index in [0.717, 1.165) is 12.4 Å². The average molecular weight is 305 g/mol. The quantitative estimate of drug-likeness (QED) is 0.617. The number of carbonyl (C=O) groups is 2. The minimum atomic E-state index is -4.73. The molecular weight excluding hydrogens is 291 g/mol. The molecule has 5 nitrogen and oxygen atoms in total. The predicted molar refractivity (Wildman–Crippen MR) is 65.2 cm³/mol. The first-order chi connectivity index (χ1) is 9.82. The molecule has 0 saturated heterocycles. The molecule has 1 rings (SSSR count). The molecule has 0 aliphatic rings. The van der Waals surface area contributed by atoms with Gasteiger partial charge in [0.1, 0.15) is 0 Å². The van der Waals surface area contributed by atoms with E-state index in [4.69, 9.17) is 0 Å². The number of hydrogen-bond acceptors (Lipinski definition) is 5. The van der Waals surface area contributed by atoms with E-state index in [1.165, 1.54) is 13.8 Å². The van der Waals surface area contributed by atoms with Crippen molar-refractivity contribution >= 4 is 11.9 Å². The van der Waals surface area contributed by atoms with E-state index < -0.39 is 35.2 Å². The molecule has 0 radical (unpaired) electrons. The van der Waals surface area contributed by atoms with Crippen LogP contribution in [0.5, 0.6) is 0 Å². The van der Waals surface area contributed by atoms with E-state index in [1.54, 1.807) is 0 Å². The summed E-state index contributed by atoms with van der Waals surface area (Å²) in [5, 5.41) is 0. The highest BCUT2D eigenvalue weighted by atomic mass is 19.4. The molecule has 0 aliphatic heterocycles. The Morgan fingerprint density at radius 2 is 1.71 bits per heavy atom. The lowest BCUT2D eigenvalue weighted by atomic mass is 9.96. The molecule has 0 bridgehead atoms. The van der Waals surface area contributed by atoms with Gasteiger partial charge in [0.15, 0.2) is 5.92 Å². The summed E-state index contributed by atoms with van der Waals surface area (Å²) in [5.41, 5.74) is -1.70. The smallest absolute Gasteiger partial charge is 0.416 e. The third kappa shape index (κ3) is 4.17. The van der Waals surface area contributed by atoms with Crippen LogP contribution in [0, 0.1) is 0 Å². The maximum absolute atomic E-state index is 13.0. The van der Waals surface area contributed by atoms with Crippen LogP contribution in [0.3, 0.4) is 0 Å². The van der Waals surface area contributed by atoms with E-state index >= 15 is 0 Å². The summed E-state index contributed by atoms with van der Waals surface area (Å²) < 4.78 is 48.2. The SMILES string of the molecule is CCOC(=O)C(C(=O)OCC)c1cnccc1C(F)(F)F.